The van der Waals surface area contributed by atoms with Crippen LogP contribution in [0.15, 0.2) is 29.3 Å². The lowest BCUT2D eigenvalue weighted by Gasteiger charge is -2.07. The van der Waals surface area contributed by atoms with Crippen LogP contribution in [0.4, 0.5) is 5.69 Å². The number of nitrogens with zero attached hydrogens (tertiary/aromatic N) is 1. The Morgan fingerprint density at radius 3 is 2.19 bits per heavy atom. The molecule has 0 N–H and O–H groups in total. The van der Waals surface area contributed by atoms with Crippen LogP contribution >= 0.6 is 0 Å². The number of esters is 2. The van der Waals surface area contributed by atoms with E-state index in [1.54, 1.807) is 24.3 Å². The molecule has 0 bridgehead atoms. The average molecular weight is 293 g/mol. The van der Waals surface area contributed by atoms with Gasteiger partial charge in [0.05, 0.1) is 26.5 Å². The molecule has 21 heavy (non-hydrogen) atoms. The van der Waals surface area contributed by atoms with Crippen LogP contribution in [0, 0.1) is 5.92 Å². The summed E-state index contributed by atoms with van der Waals surface area (Å²) < 4.78 is 14.5. The Kier molecular flexibility index (Phi) is 6.94. The predicted molar refractivity (Wildman–Crippen MR) is 77.9 cm³/mol. The zero-order valence-corrected chi connectivity index (χ0v) is 12.4. The van der Waals surface area contributed by atoms with Gasteiger partial charge in [0.25, 0.3) is 0 Å². The van der Waals surface area contributed by atoms with Gasteiger partial charge in [0.15, 0.2) is 5.92 Å². The fourth-order valence-electron chi connectivity index (χ4n) is 1.48. The monoisotopic (exact) mass is 293 g/mol. The second-order valence-corrected chi connectivity index (χ2v) is 4.14. The minimum atomic E-state index is -1.17. The van der Waals surface area contributed by atoms with Crippen molar-refractivity contribution in [2.45, 2.75) is 13.3 Å². The Balaban J connectivity index is 2.76. The van der Waals surface area contributed by atoms with Gasteiger partial charge in [-0.3, -0.25) is 14.6 Å². The summed E-state index contributed by atoms with van der Waals surface area (Å²) in [6, 6.07) is 7.00. The first-order valence-electron chi connectivity index (χ1n) is 6.55. The third-order valence-electron chi connectivity index (χ3n) is 2.59. The van der Waals surface area contributed by atoms with Gasteiger partial charge in [-0.1, -0.05) is 6.92 Å². The van der Waals surface area contributed by atoms with Crippen LogP contribution in [0.2, 0.25) is 0 Å². The van der Waals surface area contributed by atoms with E-state index in [9.17, 15) is 9.59 Å². The second-order valence-electron chi connectivity index (χ2n) is 4.14. The van der Waals surface area contributed by atoms with E-state index in [1.165, 1.54) is 20.4 Å². The van der Waals surface area contributed by atoms with Crippen LogP contribution in [-0.4, -0.2) is 39.0 Å². The maximum absolute atomic E-state index is 11.5. The number of carbonyl (C=O) groups excluding carboxylic acids is 2. The molecule has 1 aromatic rings. The van der Waals surface area contributed by atoms with Crippen molar-refractivity contribution in [3.05, 3.63) is 24.3 Å². The van der Waals surface area contributed by atoms with Crippen molar-refractivity contribution in [1.29, 1.82) is 0 Å². The summed E-state index contributed by atoms with van der Waals surface area (Å²) in [7, 11) is 2.40. The summed E-state index contributed by atoms with van der Waals surface area (Å²) in [5, 5.41) is 0. The van der Waals surface area contributed by atoms with Gasteiger partial charge < -0.3 is 14.2 Å². The smallest absolute Gasteiger partial charge is 0.325 e. The Hall–Kier alpha value is -2.37. The average Bonchev–Trinajstić information content (AvgIpc) is 2.53. The second kappa shape index (κ2) is 8.73. The number of rotatable bonds is 7. The molecule has 0 saturated heterocycles. The fraction of sp³-hybridized carbons (Fsp3) is 0.400. The Morgan fingerprint density at radius 2 is 1.71 bits per heavy atom. The van der Waals surface area contributed by atoms with E-state index in [0.29, 0.717) is 12.3 Å². The lowest BCUT2D eigenvalue weighted by molar-refractivity contribution is -0.154. The third-order valence-corrected chi connectivity index (χ3v) is 2.59. The fourth-order valence-corrected chi connectivity index (χ4v) is 1.48. The van der Waals surface area contributed by atoms with Gasteiger partial charge >= 0.3 is 11.9 Å². The third kappa shape index (κ3) is 5.25. The van der Waals surface area contributed by atoms with Gasteiger partial charge in [-0.05, 0) is 30.7 Å². The molecule has 0 atom stereocenters. The first-order chi connectivity index (χ1) is 10.1. The molecule has 1 rings (SSSR count). The maximum Gasteiger partial charge on any atom is 0.325 e. The normalized spacial score (nSPS) is 10.7. The Morgan fingerprint density at radius 1 is 1.14 bits per heavy atom. The first kappa shape index (κ1) is 16.7. The molecule has 1 aromatic carbocycles. The number of hydrogen-bond acceptors (Lipinski definition) is 6. The van der Waals surface area contributed by atoms with Gasteiger partial charge in [0.2, 0.25) is 0 Å². The molecule has 0 radical (unpaired) electrons. The van der Waals surface area contributed by atoms with Crippen molar-refractivity contribution in [3.63, 3.8) is 0 Å². The van der Waals surface area contributed by atoms with E-state index < -0.39 is 17.9 Å². The summed E-state index contributed by atoms with van der Waals surface area (Å²) >= 11 is 0. The molecule has 0 fully saturated rings. The van der Waals surface area contributed by atoms with Gasteiger partial charge in [-0.15, -0.1) is 0 Å². The number of methoxy groups -OCH3 is 2. The number of ether oxygens (including phenoxy) is 3. The van der Waals surface area contributed by atoms with Crippen molar-refractivity contribution in [3.8, 4) is 5.75 Å². The minimum Gasteiger partial charge on any atom is -0.494 e. The van der Waals surface area contributed by atoms with E-state index >= 15 is 0 Å². The van der Waals surface area contributed by atoms with Crippen molar-refractivity contribution < 1.29 is 23.8 Å². The number of aliphatic imine (C=N–C) groups is 1. The topological polar surface area (TPSA) is 74.2 Å². The van der Waals surface area contributed by atoms with Gasteiger partial charge in [-0.25, -0.2) is 0 Å². The predicted octanol–water partition coefficient (Wildman–Crippen LogP) is 2.14. The van der Waals surface area contributed by atoms with E-state index in [2.05, 4.69) is 14.5 Å². The van der Waals surface area contributed by atoms with Crippen LogP contribution in [0.3, 0.4) is 0 Å². The maximum atomic E-state index is 11.5. The molecular weight excluding hydrogens is 274 g/mol. The van der Waals surface area contributed by atoms with Gasteiger partial charge in [-0.2, -0.15) is 0 Å². The highest BCUT2D eigenvalue weighted by molar-refractivity contribution is 6.09. The molecular formula is C15H19NO5. The van der Waals surface area contributed by atoms with E-state index in [-0.39, 0.29) is 0 Å². The number of carbonyl (C=O) groups is 2. The summed E-state index contributed by atoms with van der Waals surface area (Å²) in [6.45, 7) is 2.67. The van der Waals surface area contributed by atoms with Crippen LogP contribution in [0.25, 0.3) is 0 Å². The molecule has 114 valence electrons. The molecule has 0 saturated carbocycles. The van der Waals surface area contributed by atoms with Crippen molar-refractivity contribution in [2.75, 3.05) is 20.8 Å². The Bertz CT molecular complexity index is 479. The van der Waals surface area contributed by atoms with Crippen LogP contribution in [0.5, 0.6) is 5.75 Å². The SMILES string of the molecule is CCCOc1ccc(N=CC(C(=O)OC)C(=O)OC)cc1. The molecule has 6 heteroatoms. The van der Waals surface area contributed by atoms with Gasteiger partial charge in [0.1, 0.15) is 5.75 Å². The zero-order valence-electron chi connectivity index (χ0n) is 12.4. The van der Waals surface area contributed by atoms with Crippen LogP contribution < -0.4 is 4.74 Å². The quantitative estimate of drug-likeness (QED) is 0.437. The van der Waals surface area contributed by atoms with Crippen LogP contribution in [0.1, 0.15) is 13.3 Å². The molecule has 0 aliphatic carbocycles. The number of hydrogen-bond donors (Lipinski definition) is 0. The highest BCUT2D eigenvalue weighted by Crippen LogP contribution is 2.18. The van der Waals surface area contributed by atoms with E-state index in [0.717, 1.165) is 12.2 Å². The molecule has 0 amide bonds. The lowest BCUT2D eigenvalue weighted by atomic mass is 10.2. The standard InChI is InChI=1S/C15H19NO5/c1-4-9-21-12-7-5-11(6-8-12)16-10-13(14(17)19-2)15(18)20-3/h5-8,10,13H,4,9H2,1-3H3. The summed E-state index contributed by atoms with van der Waals surface area (Å²) in [4.78, 5) is 27.0. The highest BCUT2D eigenvalue weighted by Gasteiger charge is 2.26. The lowest BCUT2D eigenvalue weighted by Crippen LogP contribution is -2.27. The van der Waals surface area contributed by atoms with Crippen molar-refractivity contribution in [1.82, 2.24) is 0 Å². The molecule has 0 aromatic heterocycles. The van der Waals surface area contributed by atoms with Crippen molar-refractivity contribution >= 4 is 23.8 Å². The molecule has 0 unspecified atom stereocenters. The molecule has 0 spiro atoms. The van der Waals surface area contributed by atoms with Crippen LogP contribution in [-0.2, 0) is 19.1 Å². The summed E-state index contributed by atoms with van der Waals surface area (Å²) in [6.07, 6.45) is 2.14. The highest BCUT2D eigenvalue weighted by atomic mass is 16.5. The largest absolute Gasteiger partial charge is 0.494 e. The first-order valence-corrected chi connectivity index (χ1v) is 6.55. The van der Waals surface area contributed by atoms with Crippen molar-refractivity contribution in [2.24, 2.45) is 10.9 Å². The summed E-state index contributed by atoms with van der Waals surface area (Å²) in [5.74, 6) is -1.86. The number of benzene rings is 1. The molecule has 6 nitrogen and oxygen atoms in total. The Labute approximate surface area is 123 Å². The molecule has 0 aliphatic heterocycles. The zero-order chi connectivity index (χ0) is 15.7. The molecule has 0 heterocycles. The molecule has 0 aliphatic rings. The summed E-state index contributed by atoms with van der Waals surface area (Å²) in [5.41, 5.74) is 0.594. The van der Waals surface area contributed by atoms with Gasteiger partial charge in [0, 0.05) is 6.21 Å². The van der Waals surface area contributed by atoms with E-state index in [1.807, 2.05) is 6.92 Å². The van der Waals surface area contributed by atoms with E-state index in [4.69, 9.17) is 4.74 Å². The minimum absolute atomic E-state index is 0.594.